The number of ether oxygens (including phenoxy) is 1. The quantitative estimate of drug-likeness (QED) is 0.501. The molecule has 9 heteroatoms. The molecule has 0 bridgehead atoms. The molecule has 140 valence electrons. The summed E-state index contributed by atoms with van der Waals surface area (Å²) >= 11 is 7.24. The maximum absolute atomic E-state index is 12.6. The Hall–Kier alpha value is -2.58. The fourth-order valence-corrected chi connectivity index (χ4v) is 3.61. The third kappa shape index (κ3) is 4.23. The smallest absolute Gasteiger partial charge is 0.263 e. The van der Waals surface area contributed by atoms with Crippen molar-refractivity contribution in [3.63, 3.8) is 0 Å². The first-order chi connectivity index (χ1) is 13.0. The van der Waals surface area contributed by atoms with Gasteiger partial charge in [0.05, 0.1) is 23.3 Å². The molecule has 3 rings (SSSR count). The Kier molecular flexibility index (Phi) is 5.98. The van der Waals surface area contributed by atoms with Gasteiger partial charge in [-0.3, -0.25) is 14.2 Å². The van der Waals surface area contributed by atoms with Gasteiger partial charge >= 0.3 is 0 Å². The Morgan fingerprint density at radius 1 is 1.37 bits per heavy atom. The fourth-order valence-electron chi connectivity index (χ4n) is 2.50. The first-order valence-corrected chi connectivity index (χ1v) is 9.51. The summed E-state index contributed by atoms with van der Waals surface area (Å²) < 4.78 is 6.62. The van der Waals surface area contributed by atoms with Crippen LogP contribution in [0.25, 0.3) is 11.0 Å². The van der Waals surface area contributed by atoms with Gasteiger partial charge in [0.2, 0.25) is 5.91 Å². The van der Waals surface area contributed by atoms with E-state index in [9.17, 15) is 9.59 Å². The minimum atomic E-state index is -0.237. The monoisotopic (exact) mass is 404 g/mol. The van der Waals surface area contributed by atoms with Gasteiger partial charge in [0.1, 0.15) is 5.75 Å². The second kappa shape index (κ2) is 8.41. The van der Waals surface area contributed by atoms with Gasteiger partial charge in [-0.05, 0) is 37.3 Å². The van der Waals surface area contributed by atoms with Crippen LogP contribution in [0, 0.1) is 0 Å². The molecule has 2 aromatic heterocycles. The third-order valence-electron chi connectivity index (χ3n) is 3.78. The number of amides is 1. The molecule has 1 amide bonds. The van der Waals surface area contributed by atoms with Gasteiger partial charge in [-0.15, -0.1) is 0 Å². The number of pyridine rings is 1. The number of aromatic nitrogens is 3. The number of halogens is 1. The van der Waals surface area contributed by atoms with Gasteiger partial charge < -0.3 is 10.1 Å². The van der Waals surface area contributed by atoms with Crippen LogP contribution in [-0.4, -0.2) is 33.3 Å². The number of thioether (sulfide) groups is 1. The first-order valence-electron chi connectivity index (χ1n) is 8.15. The Bertz CT molecular complexity index is 1050. The van der Waals surface area contributed by atoms with Crippen LogP contribution >= 0.6 is 23.4 Å². The average Bonchev–Trinajstić information content (AvgIpc) is 2.67. The number of methoxy groups -OCH3 is 1. The van der Waals surface area contributed by atoms with Crippen molar-refractivity contribution in [1.29, 1.82) is 0 Å². The minimum Gasteiger partial charge on any atom is -0.495 e. The Balaban J connectivity index is 1.75. The lowest BCUT2D eigenvalue weighted by molar-refractivity contribution is -0.113. The zero-order valence-electron chi connectivity index (χ0n) is 14.7. The predicted molar refractivity (Wildman–Crippen MR) is 107 cm³/mol. The van der Waals surface area contributed by atoms with Gasteiger partial charge in [0.25, 0.3) is 5.56 Å². The molecule has 0 fully saturated rings. The number of hydrogen-bond acceptors (Lipinski definition) is 6. The van der Waals surface area contributed by atoms with Crippen LogP contribution in [0.15, 0.2) is 46.5 Å². The molecule has 0 aliphatic heterocycles. The van der Waals surface area contributed by atoms with Crippen LogP contribution in [0.4, 0.5) is 5.69 Å². The van der Waals surface area contributed by atoms with Crippen molar-refractivity contribution in [1.82, 2.24) is 14.5 Å². The SMILES string of the molecule is CCn1c(SCC(=O)Nc2ccc(OC)c(Cl)c2)nc2ncccc2c1=O. The van der Waals surface area contributed by atoms with Crippen molar-refractivity contribution < 1.29 is 9.53 Å². The van der Waals surface area contributed by atoms with Crippen molar-refractivity contribution in [2.75, 3.05) is 18.2 Å². The number of carbonyl (C=O) groups excluding carboxylic acids is 1. The molecule has 0 aliphatic carbocycles. The molecule has 0 radical (unpaired) electrons. The van der Waals surface area contributed by atoms with Gasteiger partial charge in [0.15, 0.2) is 10.8 Å². The summed E-state index contributed by atoms with van der Waals surface area (Å²) in [4.78, 5) is 33.4. The van der Waals surface area contributed by atoms with Crippen LogP contribution in [-0.2, 0) is 11.3 Å². The van der Waals surface area contributed by atoms with Crippen molar-refractivity contribution in [2.24, 2.45) is 0 Å². The molecule has 1 N–H and O–H groups in total. The second-order valence-electron chi connectivity index (χ2n) is 5.50. The van der Waals surface area contributed by atoms with E-state index in [2.05, 4.69) is 15.3 Å². The molecule has 0 aliphatic rings. The standard InChI is InChI=1S/C18H17ClN4O3S/c1-3-23-17(25)12-5-4-8-20-16(12)22-18(23)27-10-15(24)21-11-6-7-14(26-2)13(19)9-11/h4-9H,3,10H2,1-2H3,(H,21,24). The Morgan fingerprint density at radius 2 is 2.19 bits per heavy atom. The van der Waals surface area contributed by atoms with Crippen molar-refractivity contribution in [3.8, 4) is 5.75 Å². The Labute approximate surface area is 164 Å². The molecule has 0 spiro atoms. The maximum Gasteiger partial charge on any atom is 0.263 e. The average molecular weight is 405 g/mol. The van der Waals surface area contributed by atoms with Gasteiger partial charge in [-0.25, -0.2) is 9.97 Å². The van der Waals surface area contributed by atoms with E-state index < -0.39 is 0 Å². The molecule has 3 aromatic rings. The van der Waals surface area contributed by atoms with Crippen LogP contribution in [0.5, 0.6) is 5.75 Å². The Morgan fingerprint density at radius 3 is 2.89 bits per heavy atom. The van der Waals surface area contributed by atoms with E-state index in [0.717, 1.165) is 0 Å². The topological polar surface area (TPSA) is 86.1 Å². The molecule has 7 nitrogen and oxygen atoms in total. The van der Waals surface area contributed by atoms with Crippen molar-refractivity contribution in [2.45, 2.75) is 18.6 Å². The lowest BCUT2D eigenvalue weighted by atomic mass is 10.3. The highest BCUT2D eigenvalue weighted by atomic mass is 35.5. The van der Waals surface area contributed by atoms with Crippen LogP contribution in [0.3, 0.4) is 0 Å². The van der Waals surface area contributed by atoms with E-state index in [1.807, 2.05) is 6.92 Å². The van der Waals surface area contributed by atoms with Crippen molar-refractivity contribution in [3.05, 3.63) is 51.9 Å². The number of fused-ring (bicyclic) bond motifs is 1. The summed E-state index contributed by atoms with van der Waals surface area (Å²) in [6.45, 7) is 2.31. The molecule has 0 saturated carbocycles. The molecular formula is C18H17ClN4O3S. The number of benzene rings is 1. The van der Waals surface area contributed by atoms with Crippen LogP contribution in [0.1, 0.15) is 6.92 Å². The number of nitrogens with one attached hydrogen (secondary N) is 1. The highest BCUT2D eigenvalue weighted by molar-refractivity contribution is 7.99. The van der Waals surface area contributed by atoms with Crippen LogP contribution < -0.4 is 15.6 Å². The molecule has 0 unspecified atom stereocenters. The first kappa shape index (κ1) is 19.2. The van der Waals surface area contributed by atoms with E-state index in [1.165, 1.54) is 23.4 Å². The predicted octanol–water partition coefficient (Wildman–Crippen LogP) is 3.20. The molecule has 2 heterocycles. The summed E-state index contributed by atoms with van der Waals surface area (Å²) in [5.74, 6) is 0.386. The van der Waals surface area contributed by atoms with Gasteiger partial charge in [-0.1, -0.05) is 23.4 Å². The van der Waals surface area contributed by atoms with Crippen molar-refractivity contribution >= 4 is 46.0 Å². The fraction of sp³-hybridized carbons (Fsp3) is 0.222. The molecule has 0 atom stereocenters. The minimum absolute atomic E-state index is 0.0917. The summed E-state index contributed by atoms with van der Waals surface area (Å²) in [5, 5.41) is 4.08. The van der Waals surface area contributed by atoms with E-state index in [4.69, 9.17) is 16.3 Å². The van der Waals surface area contributed by atoms with Crippen LogP contribution in [0.2, 0.25) is 5.02 Å². The lowest BCUT2D eigenvalue weighted by Crippen LogP contribution is -2.23. The number of anilines is 1. The summed E-state index contributed by atoms with van der Waals surface area (Å²) in [6, 6.07) is 8.39. The summed E-state index contributed by atoms with van der Waals surface area (Å²) in [5.41, 5.74) is 0.768. The van der Waals surface area contributed by atoms with E-state index in [0.29, 0.717) is 39.2 Å². The van der Waals surface area contributed by atoms with E-state index >= 15 is 0 Å². The number of hydrogen-bond donors (Lipinski definition) is 1. The molecule has 27 heavy (non-hydrogen) atoms. The van der Waals surface area contributed by atoms with Gasteiger partial charge in [0, 0.05) is 18.4 Å². The number of nitrogens with zero attached hydrogens (tertiary/aromatic N) is 3. The second-order valence-corrected chi connectivity index (χ2v) is 6.85. The maximum atomic E-state index is 12.6. The highest BCUT2D eigenvalue weighted by Gasteiger charge is 2.13. The zero-order valence-corrected chi connectivity index (χ0v) is 16.3. The third-order valence-corrected chi connectivity index (χ3v) is 5.05. The highest BCUT2D eigenvalue weighted by Crippen LogP contribution is 2.27. The van der Waals surface area contributed by atoms with E-state index in [-0.39, 0.29) is 17.2 Å². The largest absolute Gasteiger partial charge is 0.495 e. The summed E-state index contributed by atoms with van der Waals surface area (Å²) in [7, 11) is 1.52. The normalized spacial score (nSPS) is 10.8. The van der Waals surface area contributed by atoms with Gasteiger partial charge in [-0.2, -0.15) is 0 Å². The summed E-state index contributed by atoms with van der Waals surface area (Å²) in [6.07, 6.45) is 1.58. The number of carbonyl (C=O) groups is 1. The molecular weight excluding hydrogens is 388 g/mol. The molecule has 0 saturated heterocycles. The lowest BCUT2D eigenvalue weighted by Gasteiger charge is -2.11. The molecule has 1 aromatic carbocycles. The number of rotatable bonds is 6. The van der Waals surface area contributed by atoms with E-state index in [1.54, 1.807) is 36.5 Å². The zero-order chi connectivity index (χ0) is 19.4.